The van der Waals surface area contributed by atoms with Crippen LogP contribution in [0.3, 0.4) is 0 Å². The Morgan fingerprint density at radius 1 is 1.33 bits per heavy atom. The third-order valence-electron chi connectivity index (χ3n) is 2.79. The first-order valence-electron chi connectivity index (χ1n) is 5.61. The maximum absolute atomic E-state index is 11.8. The second-order valence-corrected chi connectivity index (χ2v) is 6.54. The zero-order chi connectivity index (χ0) is 13.9. The molecule has 7 heteroatoms. The van der Waals surface area contributed by atoms with Crippen molar-refractivity contribution < 1.29 is 17.9 Å². The number of rotatable bonds is 6. The summed E-state index contributed by atoms with van der Waals surface area (Å²) in [5, 5.41) is 8.95. The van der Waals surface area contributed by atoms with Crippen LogP contribution in [-0.2, 0) is 16.6 Å². The number of sulfonamides is 1. The van der Waals surface area contributed by atoms with Crippen LogP contribution in [0.25, 0.3) is 0 Å². The van der Waals surface area contributed by atoms with E-state index in [1.165, 1.54) is 20.2 Å². The number of furan rings is 1. The molecule has 18 heavy (non-hydrogen) atoms. The number of hydrogen-bond acceptors (Lipinski definition) is 5. The molecule has 0 aromatic carbocycles. The highest BCUT2D eigenvalue weighted by Gasteiger charge is 2.22. The zero-order valence-corrected chi connectivity index (χ0v) is 11.9. The molecule has 0 saturated heterocycles. The third kappa shape index (κ3) is 3.32. The number of likely N-dealkylation sites (N-methyl/N-ethyl adjacent to an activating group) is 1. The Kier molecular flexibility index (Phi) is 4.92. The highest BCUT2D eigenvalue weighted by Crippen LogP contribution is 2.18. The van der Waals surface area contributed by atoms with E-state index in [9.17, 15) is 8.42 Å². The van der Waals surface area contributed by atoms with Gasteiger partial charge in [0.2, 0.25) is 5.09 Å². The molecular formula is C11H20N2O4S. The largest absolute Gasteiger partial charge is 0.447 e. The van der Waals surface area contributed by atoms with Gasteiger partial charge in [-0.05, 0) is 26.1 Å². The van der Waals surface area contributed by atoms with Crippen LogP contribution in [-0.4, -0.2) is 56.5 Å². The molecule has 1 aromatic rings. The molecule has 104 valence electrons. The van der Waals surface area contributed by atoms with E-state index in [1.54, 1.807) is 6.07 Å². The van der Waals surface area contributed by atoms with Crippen LogP contribution in [0.2, 0.25) is 0 Å². The van der Waals surface area contributed by atoms with E-state index in [0.29, 0.717) is 12.3 Å². The lowest BCUT2D eigenvalue weighted by atomic mass is 10.3. The number of aliphatic hydroxyl groups is 1. The molecule has 6 nitrogen and oxygen atoms in total. The van der Waals surface area contributed by atoms with Crippen molar-refractivity contribution in [3.63, 3.8) is 0 Å². The van der Waals surface area contributed by atoms with Crippen molar-refractivity contribution in [1.82, 2.24) is 9.21 Å². The summed E-state index contributed by atoms with van der Waals surface area (Å²) in [6.07, 6.45) is 0. The molecule has 0 aliphatic carbocycles. The molecule has 0 spiro atoms. The fraction of sp³-hybridized carbons (Fsp3) is 0.636. The van der Waals surface area contributed by atoms with E-state index in [2.05, 4.69) is 0 Å². The molecule has 0 amide bonds. The summed E-state index contributed by atoms with van der Waals surface area (Å²) in [6.45, 7) is 2.37. The zero-order valence-electron chi connectivity index (χ0n) is 11.1. The molecule has 1 heterocycles. The van der Waals surface area contributed by atoms with Gasteiger partial charge in [0.05, 0.1) is 13.2 Å². The lowest BCUT2D eigenvalue weighted by Crippen LogP contribution is -2.31. The summed E-state index contributed by atoms with van der Waals surface area (Å²) in [5.41, 5.74) is 0. The van der Waals surface area contributed by atoms with Gasteiger partial charge in [-0.1, -0.05) is 0 Å². The Hall–Kier alpha value is -0.890. The van der Waals surface area contributed by atoms with E-state index < -0.39 is 10.0 Å². The van der Waals surface area contributed by atoms with Crippen LogP contribution >= 0.6 is 0 Å². The van der Waals surface area contributed by atoms with Crippen LogP contribution in [0.1, 0.15) is 12.7 Å². The normalized spacial score (nSPS) is 14.4. The lowest BCUT2D eigenvalue weighted by Gasteiger charge is -2.21. The molecule has 0 radical (unpaired) electrons. The highest BCUT2D eigenvalue weighted by atomic mass is 32.2. The summed E-state index contributed by atoms with van der Waals surface area (Å²) in [6, 6.07) is 3.07. The fourth-order valence-corrected chi connectivity index (χ4v) is 2.12. The lowest BCUT2D eigenvalue weighted by molar-refractivity contribution is 0.145. The van der Waals surface area contributed by atoms with E-state index in [4.69, 9.17) is 9.52 Å². The van der Waals surface area contributed by atoms with Crippen molar-refractivity contribution in [2.24, 2.45) is 0 Å². The molecule has 1 rings (SSSR count). The quantitative estimate of drug-likeness (QED) is 0.811. The van der Waals surface area contributed by atoms with Gasteiger partial charge in [0.15, 0.2) is 0 Å². The smallest absolute Gasteiger partial charge is 0.275 e. The minimum Gasteiger partial charge on any atom is -0.447 e. The van der Waals surface area contributed by atoms with Gasteiger partial charge in [0.25, 0.3) is 10.0 Å². The molecule has 0 bridgehead atoms. The first kappa shape index (κ1) is 15.2. The van der Waals surface area contributed by atoms with Gasteiger partial charge in [-0.3, -0.25) is 4.90 Å². The standard InChI is InChI=1S/C11H20N2O4S/c1-9(8-14)13(4)7-10-5-6-11(17-10)18(15,16)12(2)3/h5-6,9,14H,7-8H2,1-4H3. The Labute approximate surface area is 108 Å². The Morgan fingerprint density at radius 2 is 1.94 bits per heavy atom. The summed E-state index contributed by atoms with van der Waals surface area (Å²) in [4.78, 5) is 1.88. The molecule has 1 aromatic heterocycles. The average molecular weight is 276 g/mol. The van der Waals surface area contributed by atoms with Crippen molar-refractivity contribution in [3.8, 4) is 0 Å². The monoisotopic (exact) mass is 276 g/mol. The van der Waals surface area contributed by atoms with Crippen molar-refractivity contribution in [1.29, 1.82) is 0 Å². The summed E-state index contributed by atoms with van der Waals surface area (Å²) < 4.78 is 30.0. The summed E-state index contributed by atoms with van der Waals surface area (Å²) in [5.74, 6) is 0.554. The van der Waals surface area contributed by atoms with Gasteiger partial charge < -0.3 is 9.52 Å². The molecule has 0 saturated carbocycles. The van der Waals surface area contributed by atoms with Crippen molar-refractivity contribution in [3.05, 3.63) is 17.9 Å². The fourth-order valence-electron chi connectivity index (χ4n) is 1.30. The first-order chi connectivity index (χ1) is 8.28. The van der Waals surface area contributed by atoms with Crippen molar-refractivity contribution in [2.45, 2.75) is 24.6 Å². The topological polar surface area (TPSA) is 74.0 Å². The first-order valence-corrected chi connectivity index (χ1v) is 7.05. The van der Waals surface area contributed by atoms with E-state index in [1.807, 2.05) is 18.9 Å². The Bertz CT molecular complexity index is 481. The van der Waals surface area contributed by atoms with Crippen LogP contribution in [0.4, 0.5) is 0 Å². The molecule has 1 unspecified atom stereocenters. The molecule has 1 N–H and O–H groups in total. The van der Waals surface area contributed by atoms with Crippen LogP contribution < -0.4 is 0 Å². The van der Waals surface area contributed by atoms with Gasteiger partial charge in [-0.2, -0.15) is 0 Å². The van der Waals surface area contributed by atoms with Crippen LogP contribution in [0, 0.1) is 0 Å². The molecular weight excluding hydrogens is 256 g/mol. The SMILES string of the molecule is CC(CO)N(C)Cc1ccc(S(=O)(=O)N(C)C)o1. The maximum Gasteiger partial charge on any atom is 0.275 e. The number of hydrogen-bond donors (Lipinski definition) is 1. The molecule has 0 fully saturated rings. The Balaban J connectivity index is 2.82. The minimum absolute atomic E-state index is 0.0102. The van der Waals surface area contributed by atoms with E-state index in [-0.39, 0.29) is 17.7 Å². The second-order valence-electron chi connectivity index (χ2n) is 4.45. The maximum atomic E-state index is 11.8. The number of nitrogens with zero attached hydrogens (tertiary/aromatic N) is 2. The van der Waals surface area contributed by atoms with Crippen LogP contribution in [0.5, 0.6) is 0 Å². The summed E-state index contributed by atoms with van der Waals surface area (Å²) >= 11 is 0. The van der Waals surface area contributed by atoms with E-state index >= 15 is 0 Å². The highest BCUT2D eigenvalue weighted by molar-refractivity contribution is 7.88. The molecule has 0 aliphatic rings. The second kappa shape index (κ2) is 5.83. The Morgan fingerprint density at radius 3 is 2.44 bits per heavy atom. The van der Waals surface area contributed by atoms with E-state index in [0.717, 1.165) is 4.31 Å². The molecule has 1 atom stereocenters. The van der Waals surface area contributed by atoms with Gasteiger partial charge in [-0.25, -0.2) is 12.7 Å². The molecule has 0 aliphatic heterocycles. The van der Waals surface area contributed by atoms with Crippen molar-refractivity contribution >= 4 is 10.0 Å². The predicted molar refractivity (Wildman–Crippen MR) is 67.6 cm³/mol. The minimum atomic E-state index is -3.52. The predicted octanol–water partition coefficient (Wildman–Crippen LogP) is 0.343. The van der Waals surface area contributed by atoms with Gasteiger partial charge in [0, 0.05) is 20.1 Å². The van der Waals surface area contributed by atoms with Crippen molar-refractivity contribution in [2.75, 3.05) is 27.7 Å². The van der Waals surface area contributed by atoms with Gasteiger partial charge >= 0.3 is 0 Å². The van der Waals surface area contributed by atoms with Gasteiger partial charge in [0.1, 0.15) is 5.76 Å². The average Bonchev–Trinajstić information content (AvgIpc) is 2.76. The third-order valence-corrected chi connectivity index (χ3v) is 4.48. The number of aliphatic hydroxyl groups excluding tert-OH is 1. The van der Waals surface area contributed by atoms with Crippen LogP contribution in [0.15, 0.2) is 21.6 Å². The van der Waals surface area contributed by atoms with Gasteiger partial charge in [-0.15, -0.1) is 0 Å². The summed E-state index contributed by atoms with van der Waals surface area (Å²) in [7, 11) is 1.23.